The van der Waals surface area contributed by atoms with Crippen LogP contribution in [0.4, 0.5) is 0 Å². The second-order valence-corrected chi connectivity index (χ2v) is 3.02. The van der Waals surface area contributed by atoms with Crippen LogP contribution in [0.25, 0.3) is 0 Å². The van der Waals surface area contributed by atoms with Gasteiger partial charge in [-0.3, -0.25) is 0 Å². The first kappa shape index (κ1) is 10.2. The molecule has 0 aliphatic carbocycles. The zero-order valence-electron chi connectivity index (χ0n) is 6.75. The lowest BCUT2D eigenvalue weighted by Crippen LogP contribution is -2.11. The van der Waals surface area contributed by atoms with Crippen LogP contribution in [0.5, 0.6) is 0 Å². The third kappa shape index (κ3) is 5.05. The highest BCUT2D eigenvalue weighted by molar-refractivity contribution is 7.82. The topological polar surface area (TPSA) is 27.7 Å². The van der Waals surface area contributed by atoms with E-state index in [2.05, 4.69) is 6.92 Å². The van der Waals surface area contributed by atoms with E-state index in [1.54, 1.807) is 14.2 Å². The van der Waals surface area contributed by atoms with Gasteiger partial charge in [-0.1, -0.05) is 13.3 Å². The first-order valence-corrected chi connectivity index (χ1v) is 4.31. The zero-order valence-corrected chi connectivity index (χ0v) is 7.57. The van der Waals surface area contributed by atoms with Crippen LogP contribution in [0, 0.1) is 0 Å². The summed E-state index contributed by atoms with van der Waals surface area (Å²) in [6.07, 6.45) is 2.18. The summed E-state index contributed by atoms with van der Waals surface area (Å²) < 4.78 is 14.8. The van der Waals surface area contributed by atoms with Crippen LogP contribution < -0.4 is 0 Å². The van der Waals surface area contributed by atoms with E-state index in [0.29, 0.717) is 6.61 Å². The lowest BCUT2D eigenvalue weighted by molar-refractivity contribution is 0.224. The van der Waals surface area contributed by atoms with E-state index in [9.17, 15) is 0 Å². The molecule has 0 aromatic carbocycles. The maximum atomic E-state index is 5.16. The maximum absolute atomic E-state index is 5.16. The summed E-state index contributed by atoms with van der Waals surface area (Å²) in [7, 11) is 3.14. The van der Waals surface area contributed by atoms with E-state index in [-0.39, 0.29) is 0 Å². The SMILES string of the molecule is CCCCO[S+](OC)OC. The van der Waals surface area contributed by atoms with Gasteiger partial charge in [-0.05, 0) is 6.42 Å². The molecule has 0 atom stereocenters. The molecule has 0 heterocycles. The predicted octanol–water partition coefficient (Wildman–Crippen LogP) is 1.46. The van der Waals surface area contributed by atoms with Crippen molar-refractivity contribution in [1.29, 1.82) is 0 Å². The van der Waals surface area contributed by atoms with Crippen LogP contribution >= 0.6 is 0 Å². The van der Waals surface area contributed by atoms with Crippen molar-refractivity contribution in [2.45, 2.75) is 19.8 Å². The van der Waals surface area contributed by atoms with Crippen molar-refractivity contribution in [3.05, 3.63) is 0 Å². The predicted molar refractivity (Wildman–Crippen MR) is 42.2 cm³/mol. The normalized spacial score (nSPS) is 10.8. The van der Waals surface area contributed by atoms with Crippen LogP contribution in [0.15, 0.2) is 0 Å². The van der Waals surface area contributed by atoms with E-state index in [1.807, 2.05) is 0 Å². The molecule has 0 aliphatic rings. The Kier molecular flexibility index (Phi) is 7.51. The highest BCUT2D eigenvalue weighted by Crippen LogP contribution is 2.01. The van der Waals surface area contributed by atoms with Crippen molar-refractivity contribution >= 4 is 11.7 Å². The minimum atomic E-state index is -0.740. The van der Waals surface area contributed by atoms with Gasteiger partial charge in [-0.2, -0.15) is 0 Å². The van der Waals surface area contributed by atoms with Crippen LogP contribution in [0.3, 0.4) is 0 Å². The molecule has 10 heavy (non-hydrogen) atoms. The molecule has 0 unspecified atom stereocenters. The van der Waals surface area contributed by atoms with Gasteiger partial charge in [0.15, 0.2) is 0 Å². The van der Waals surface area contributed by atoms with Gasteiger partial charge in [-0.15, -0.1) is 12.5 Å². The molecule has 4 heteroatoms. The zero-order chi connectivity index (χ0) is 7.82. The van der Waals surface area contributed by atoms with Crippen LogP contribution in [-0.2, 0) is 24.3 Å². The van der Waals surface area contributed by atoms with Gasteiger partial charge in [0.05, 0.1) is 14.2 Å². The van der Waals surface area contributed by atoms with E-state index >= 15 is 0 Å². The third-order valence-electron chi connectivity index (χ3n) is 0.950. The van der Waals surface area contributed by atoms with Crippen LogP contribution in [0.2, 0.25) is 0 Å². The standard InChI is InChI=1S/C6H15O3S/c1-4-5-6-9-10(7-2)8-3/h4-6H2,1-3H3/q+1. The van der Waals surface area contributed by atoms with Crippen molar-refractivity contribution < 1.29 is 12.5 Å². The van der Waals surface area contributed by atoms with Crippen molar-refractivity contribution in [3.8, 4) is 0 Å². The minimum absolute atomic E-state index is 0.710. The van der Waals surface area contributed by atoms with Crippen molar-refractivity contribution in [3.63, 3.8) is 0 Å². The fourth-order valence-corrected chi connectivity index (χ4v) is 1.02. The summed E-state index contributed by atoms with van der Waals surface area (Å²) in [5.74, 6) is 0. The van der Waals surface area contributed by atoms with Crippen molar-refractivity contribution in [2.24, 2.45) is 0 Å². The summed E-state index contributed by atoms with van der Waals surface area (Å²) in [5.41, 5.74) is 0. The van der Waals surface area contributed by atoms with Gasteiger partial charge in [-0.25, -0.2) is 0 Å². The van der Waals surface area contributed by atoms with E-state index in [1.165, 1.54) is 0 Å². The Hall–Kier alpha value is 0.230. The molecule has 0 saturated heterocycles. The molecule has 0 aromatic rings. The van der Waals surface area contributed by atoms with Gasteiger partial charge in [0.1, 0.15) is 6.61 Å². The third-order valence-corrected chi connectivity index (χ3v) is 1.85. The van der Waals surface area contributed by atoms with E-state index in [4.69, 9.17) is 12.5 Å². The maximum Gasteiger partial charge on any atom is 0.507 e. The molecule has 0 aliphatic heterocycles. The van der Waals surface area contributed by atoms with Gasteiger partial charge in [0.2, 0.25) is 0 Å². The second kappa shape index (κ2) is 7.34. The molecule has 0 radical (unpaired) electrons. The minimum Gasteiger partial charge on any atom is -0.112 e. The van der Waals surface area contributed by atoms with Gasteiger partial charge in [0.25, 0.3) is 0 Å². The number of hydrogen-bond acceptors (Lipinski definition) is 3. The second-order valence-electron chi connectivity index (χ2n) is 1.71. The molecule has 0 spiro atoms. The van der Waals surface area contributed by atoms with Gasteiger partial charge >= 0.3 is 11.7 Å². The largest absolute Gasteiger partial charge is 0.507 e. The molecule has 62 valence electrons. The molecule has 0 rings (SSSR count). The average Bonchev–Trinajstić information content (AvgIpc) is 1.99. The average molecular weight is 167 g/mol. The van der Waals surface area contributed by atoms with Crippen molar-refractivity contribution in [1.82, 2.24) is 0 Å². The van der Waals surface area contributed by atoms with Crippen LogP contribution in [0.1, 0.15) is 19.8 Å². The molecule has 0 saturated carbocycles. The first-order chi connectivity index (χ1) is 4.85. The molecule has 0 aromatic heterocycles. The number of unbranched alkanes of at least 4 members (excludes halogenated alkanes) is 1. The highest BCUT2D eigenvalue weighted by atomic mass is 32.3. The fourth-order valence-electron chi connectivity index (χ4n) is 0.436. The summed E-state index contributed by atoms with van der Waals surface area (Å²) in [6, 6.07) is 0. The monoisotopic (exact) mass is 167 g/mol. The Morgan fingerprint density at radius 3 is 2.20 bits per heavy atom. The number of rotatable bonds is 6. The smallest absolute Gasteiger partial charge is 0.112 e. The first-order valence-electron chi connectivity index (χ1n) is 3.31. The molecular weight excluding hydrogens is 152 g/mol. The van der Waals surface area contributed by atoms with Gasteiger partial charge < -0.3 is 0 Å². The molecule has 0 fully saturated rings. The molecular formula is C6H15O3S+. The molecule has 0 amide bonds. The van der Waals surface area contributed by atoms with Gasteiger partial charge in [0, 0.05) is 0 Å². The fraction of sp³-hybridized carbons (Fsp3) is 1.00. The summed E-state index contributed by atoms with van der Waals surface area (Å²) in [6.45, 7) is 2.82. The lowest BCUT2D eigenvalue weighted by Gasteiger charge is -1.95. The Morgan fingerprint density at radius 1 is 1.20 bits per heavy atom. The Morgan fingerprint density at radius 2 is 1.80 bits per heavy atom. The lowest BCUT2D eigenvalue weighted by atomic mass is 10.4. The summed E-state index contributed by atoms with van der Waals surface area (Å²) in [5, 5.41) is 0. The Labute approximate surface area is 65.6 Å². The quantitative estimate of drug-likeness (QED) is 0.443. The summed E-state index contributed by atoms with van der Waals surface area (Å²) in [4.78, 5) is 0. The Balaban J connectivity index is 3.09. The molecule has 0 N–H and O–H groups in total. The Bertz CT molecular complexity index is 66.0. The van der Waals surface area contributed by atoms with Crippen LogP contribution in [-0.4, -0.2) is 20.8 Å². The van der Waals surface area contributed by atoms with Crippen molar-refractivity contribution in [2.75, 3.05) is 20.8 Å². The van der Waals surface area contributed by atoms with E-state index in [0.717, 1.165) is 12.8 Å². The highest BCUT2D eigenvalue weighted by Gasteiger charge is 2.21. The summed E-state index contributed by atoms with van der Waals surface area (Å²) >= 11 is -0.740. The van der Waals surface area contributed by atoms with E-state index < -0.39 is 11.7 Å². The molecule has 0 bridgehead atoms. The number of hydrogen-bond donors (Lipinski definition) is 0. The molecule has 3 nitrogen and oxygen atoms in total.